The first-order valence-corrected chi connectivity index (χ1v) is 7.47. The standard InChI is InChI=1S/C10H22N2O3S/c1-9(2)15-7-8-16(13,14)12-10-3-5-11-6-4-10/h9-12H,3-8H2,1-2H3. The molecular weight excluding hydrogens is 228 g/mol. The van der Waals surface area contributed by atoms with E-state index in [0.717, 1.165) is 25.9 Å². The van der Waals surface area contributed by atoms with E-state index < -0.39 is 10.0 Å². The molecule has 5 nitrogen and oxygen atoms in total. The van der Waals surface area contributed by atoms with Gasteiger partial charge in [-0.05, 0) is 39.8 Å². The molecule has 0 atom stereocenters. The first-order chi connectivity index (χ1) is 7.49. The van der Waals surface area contributed by atoms with E-state index in [1.165, 1.54) is 0 Å². The van der Waals surface area contributed by atoms with Gasteiger partial charge < -0.3 is 10.1 Å². The molecule has 16 heavy (non-hydrogen) atoms. The summed E-state index contributed by atoms with van der Waals surface area (Å²) >= 11 is 0. The quantitative estimate of drug-likeness (QED) is 0.701. The van der Waals surface area contributed by atoms with Crippen LogP contribution in [0.25, 0.3) is 0 Å². The average Bonchev–Trinajstić information content (AvgIpc) is 2.17. The van der Waals surface area contributed by atoms with Crippen molar-refractivity contribution in [2.75, 3.05) is 25.4 Å². The van der Waals surface area contributed by atoms with Crippen molar-refractivity contribution in [3.8, 4) is 0 Å². The van der Waals surface area contributed by atoms with Crippen molar-refractivity contribution in [3.63, 3.8) is 0 Å². The van der Waals surface area contributed by atoms with E-state index in [9.17, 15) is 8.42 Å². The van der Waals surface area contributed by atoms with Gasteiger partial charge in [-0.25, -0.2) is 13.1 Å². The molecule has 0 amide bonds. The minimum absolute atomic E-state index is 0.0507. The molecule has 2 N–H and O–H groups in total. The minimum Gasteiger partial charge on any atom is -0.378 e. The largest absolute Gasteiger partial charge is 0.378 e. The van der Waals surface area contributed by atoms with Gasteiger partial charge in [0.05, 0.1) is 18.5 Å². The van der Waals surface area contributed by atoms with Crippen molar-refractivity contribution in [3.05, 3.63) is 0 Å². The normalized spacial score (nSPS) is 19.2. The lowest BCUT2D eigenvalue weighted by Gasteiger charge is -2.23. The van der Waals surface area contributed by atoms with E-state index in [0.29, 0.717) is 0 Å². The summed E-state index contributed by atoms with van der Waals surface area (Å²) < 4.78 is 31.3. The summed E-state index contributed by atoms with van der Waals surface area (Å²) in [7, 11) is -3.18. The predicted octanol–water partition coefficient (Wildman–Crippen LogP) is 0.0828. The highest BCUT2D eigenvalue weighted by Gasteiger charge is 2.19. The number of hydrogen-bond donors (Lipinski definition) is 2. The monoisotopic (exact) mass is 250 g/mol. The molecular formula is C10H22N2O3S. The Bertz CT molecular complexity index is 284. The van der Waals surface area contributed by atoms with Gasteiger partial charge in [0, 0.05) is 6.04 Å². The van der Waals surface area contributed by atoms with Gasteiger partial charge in [0.25, 0.3) is 0 Å². The van der Waals surface area contributed by atoms with Crippen LogP contribution in [0.15, 0.2) is 0 Å². The number of nitrogens with one attached hydrogen (secondary N) is 2. The lowest BCUT2D eigenvalue weighted by molar-refractivity contribution is 0.0911. The van der Waals surface area contributed by atoms with Gasteiger partial charge >= 0.3 is 0 Å². The van der Waals surface area contributed by atoms with Crippen molar-refractivity contribution in [1.82, 2.24) is 10.0 Å². The first kappa shape index (κ1) is 13.9. The summed E-state index contributed by atoms with van der Waals surface area (Å²) in [6, 6.07) is 0.0882. The van der Waals surface area contributed by atoms with Crippen molar-refractivity contribution < 1.29 is 13.2 Å². The van der Waals surface area contributed by atoms with Crippen molar-refractivity contribution >= 4 is 10.0 Å². The van der Waals surface area contributed by atoms with E-state index in [4.69, 9.17) is 4.74 Å². The maximum Gasteiger partial charge on any atom is 0.214 e. The third kappa shape index (κ3) is 5.79. The zero-order valence-corrected chi connectivity index (χ0v) is 10.8. The Morgan fingerprint density at radius 3 is 2.56 bits per heavy atom. The van der Waals surface area contributed by atoms with Crippen LogP contribution < -0.4 is 10.0 Å². The first-order valence-electron chi connectivity index (χ1n) is 5.82. The van der Waals surface area contributed by atoms with Gasteiger partial charge in [-0.1, -0.05) is 0 Å². The van der Waals surface area contributed by atoms with Crippen LogP contribution >= 0.6 is 0 Å². The fraction of sp³-hybridized carbons (Fsp3) is 1.00. The Balaban J connectivity index is 2.27. The third-order valence-electron chi connectivity index (χ3n) is 2.49. The highest BCUT2D eigenvalue weighted by atomic mass is 32.2. The van der Waals surface area contributed by atoms with Gasteiger partial charge in [-0.2, -0.15) is 0 Å². The number of hydrogen-bond acceptors (Lipinski definition) is 4. The number of ether oxygens (including phenoxy) is 1. The van der Waals surface area contributed by atoms with E-state index in [1.54, 1.807) is 0 Å². The summed E-state index contributed by atoms with van der Waals surface area (Å²) in [6.45, 7) is 5.82. The number of piperidine rings is 1. The van der Waals surface area contributed by atoms with Gasteiger partial charge in [-0.15, -0.1) is 0 Å². The molecule has 6 heteroatoms. The summed E-state index contributed by atoms with van der Waals surface area (Å²) in [5.41, 5.74) is 0. The zero-order valence-electron chi connectivity index (χ0n) is 10.0. The van der Waals surface area contributed by atoms with Crippen LogP contribution in [0.5, 0.6) is 0 Å². The molecule has 0 bridgehead atoms. The second-order valence-corrected chi connectivity index (χ2v) is 6.25. The van der Waals surface area contributed by atoms with E-state index >= 15 is 0 Å². The van der Waals surface area contributed by atoms with Crippen LogP contribution in [-0.4, -0.2) is 46.0 Å². The highest BCUT2D eigenvalue weighted by Crippen LogP contribution is 2.04. The molecule has 1 aliphatic rings. The Morgan fingerprint density at radius 1 is 1.38 bits per heavy atom. The lowest BCUT2D eigenvalue weighted by atomic mass is 10.1. The number of sulfonamides is 1. The molecule has 1 fully saturated rings. The second-order valence-electron chi connectivity index (χ2n) is 4.38. The maximum atomic E-state index is 11.7. The predicted molar refractivity (Wildman–Crippen MR) is 63.9 cm³/mol. The van der Waals surface area contributed by atoms with E-state index in [-0.39, 0.29) is 24.5 Å². The van der Waals surface area contributed by atoms with Gasteiger partial charge in [0.15, 0.2) is 0 Å². The molecule has 0 aromatic rings. The third-order valence-corrected chi connectivity index (χ3v) is 3.89. The molecule has 1 saturated heterocycles. The fourth-order valence-electron chi connectivity index (χ4n) is 1.65. The SMILES string of the molecule is CC(C)OCCS(=O)(=O)NC1CCNCC1. The Labute approximate surface area is 98.0 Å². The van der Waals surface area contributed by atoms with Crippen LogP contribution in [-0.2, 0) is 14.8 Å². The van der Waals surface area contributed by atoms with E-state index in [2.05, 4.69) is 10.0 Å². The van der Waals surface area contributed by atoms with Crippen LogP contribution in [0.1, 0.15) is 26.7 Å². The van der Waals surface area contributed by atoms with E-state index in [1.807, 2.05) is 13.8 Å². The maximum absolute atomic E-state index is 11.7. The van der Waals surface area contributed by atoms with Crippen LogP contribution in [0.3, 0.4) is 0 Å². The molecule has 0 saturated carbocycles. The van der Waals surface area contributed by atoms with Crippen molar-refractivity contribution in [2.45, 2.75) is 38.8 Å². The van der Waals surface area contributed by atoms with Gasteiger partial charge in [0.1, 0.15) is 0 Å². The highest BCUT2D eigenvalue weighted by molar-refractivity contribution is 7.89. The molecule has 1 rings (SSSR count). The minimum atomic E-state index is -3.18. The van der Waals surface area contributed by atoms with Gasteiger partial charge in [-0.3, -0.25) is 0 Å². The molecule has 0 aliphatic carbocycles. The molecule has 1 aliphatic heterocycles. The summed E-state index contributed by atoms with van der Waals surface area (Å²) in [4.78, 5) is 0. The Morgan fingerprint density at radius 2 is 2.00 bits per heavy atom. The average molecular weight is 250 g/mol. The van der Waals surface area contributed by atoms with Crippen LogP contribution in [0.2, 0.25) is 0 Å². The molecule has 0 aromatic carbocycles. The smallest absolute Gasteiger partial charge is 0.214 e. The molecule has 0 aromatic heterocycles. The van der Waals surface area contributed by atoms with Crippen LogP contribution in [0.4, 0.5) is 0 Å². The molecule has 1 heterocycles. The zero-order chi connectivity index (χ0) is 12.0. The summed E-state index contributed by atoms with van der Waals surface area (Å²) in [5, 5.41) is 3.20. The molecule has 0 radical (unpaired) electrons. The van der Waals surface area contributed by atoms with Gasteiger partial charge in [0.2, 0.25) is 10.0 Å². The number of rotatable bonds is 6. The topological polar surface area (TPSA) is 67.4 Å². The van der Waals surface area contributed by atoms with Crippen molar-refractivity contribution in [1.29, 1.82) is 0 Å². The Kier molecular flexibility index (Phi) is 5.68. The summed E-state index contributed by atoms with van der Waals surface area (Å²) in [6.07, 6.45) is 1.81. The fourth-order valence-corrected chi connectivity index (χ4v) is 2.82. The van der Waals surface area contributed by atoms with Crippen molar-refractivity contribution in [2.24, 2.45) is 0 Å². The molecule has 96 valence electrons. The Hall–Kier alpha value is -0.170. The molecule has 0 unspecified atom stereocenters. The van der Waals surface area contributed by atoms with Crippen LogP contribution in [0, 0.1) is 0 Å². The summed E-state index contributed by atoms with van der Waals surface area (Å²) in [5.74, 6) is 0.0507. The lowest BCUT2D eigenvalue weighted by Crippen LogP contribution is -2.43. The molecule has 0 spiro atoms. The second kappa shape index (κ2) is 6.54.